The van der Waals surface area contributed by atoms with Gasteiger partial charge in [-0.3, -0.25) is 4.99 Å². The number of rotatable bonds is 4. The molecule has 0 aliphatic carbocycles. The summed E-state index contributed by atoms with van der Waals surface area (Å²) in [4.78, 5) is 8.82. The third-order valence-electron chi connectivity index (χ3n) is 2.94. The van der Waals surface area contributed by atoms with Crippen molar-refractivity contribution < 1.29 is 4.74 Å². The van der Waals surface area contributed by atoms with Gasteiger partial charge in [0, 0.05) is 12.4 Å². The number of hydrogen-bond donors (Lipinski definition) is 0. The van der Waals surface area contributed by atoms with Gasteiger partial charge < -0.3 is 9.30 Å². The predicted octanol–water partition coefficient (Wildman–Crippen LogP) is 3.22. The molecule has 0 N–H and O–H groups in total. The van der Waals surface area contributed by atoms with Gasteiger partial charge in [-0.15, -0.1) is 0 Å². The molecule has 0 saturated heterocycles. The number of aliphatic imine (C=N–C) groups is 1. The highest BCUT2D eigenvalue weighted by Crippen LogP contribution is 2.27. The minimum Gasteiger partial charge on any atom is -0.494 e. The quantitative estimate of drug-likeness (QED) is 0.789. The topological polar surface area (TPSA) is 39.4 Å². The number of nitrogens with zero attached hydrogens (tertiary/aromatic N) is 3. The third-order valence-corrected chi connectivity index (χ3v) is 2.94. The maximum absolute atomic E-state index is 5.32. The number of aryl methyl sites for hydroxylation is 3. The van der Waals surface area contributed by atoms with Crippen LogP contribution in [0, 0.1) is 20.8 Å². The molecule has 0 unspecified atom stereocenters. The normalized spacial score (nSPS) is 11.2. The molecule has 0 bridgehead atoms. The molecule has 4 nitrogen and oxygen atoms in total. The highest BCUT2D eigenvalue weighted by molar-refractivity contribution is 5.66. The molecule has 100 valence electrons. The Bertz CT molecular complexity index is 599. The van der Waals surface area contributed by atoms with E-state index < -0.39 is 0 Å². The fourth-order valence-electron chi connectivity index (χ4n) is 1.97. The van der Waals surface area contributed by atoms with Crippen LogP contribution in [0.2, 0.25) is 0 Å². The summed E-state index contributed by atoms with van der Waals surface area (Å²) in [6.07, 6.45) is 3.90. The van der Waals surface area contributed by atoms with Gasteiger partial charge >= 0.3 is 0 Å². The van der Waals surface area contributed by atoms with E-state index in [0.717, 1.165) is 28.5 Å². The van der Waals surface area contributed by atoms with E-state index in [1.54, 1.807) is 7.11 Å². The highest BCUT2D eigenvalue weighted by Gasteiger charge is 2.01. The Morgan fingerprint density at radius 2 is 2.11 bits per heavy atom. The van der Waals surface area contributed by atoms with Crippen molar-refractivity contribution in [3.8, 4) is 5.75 Å². The first-order valence-corrected chi connectivity index (χ1v) is 6.27. The Kier molecular flexibility index (Phi) is 4.00. The van der Waals surface area contributed by atoms with Crippen LogP contribution in [0.15, 0.2) is 29.4 Å². The molecular formula is C15H19N3O. The number of ether oxygens (including phenoxy) is 1. The molecule has 0 atom stereocenters. The Balaban J connectivity index is 2.13. The van der Waals surface area contributed by atoms with Crippen LogP contribution >= 0.6 is 0 Å². The van der Waals surface area contributed by atoms with E-state index in [9.17, 15) is 0 Å². The summed E-state index contributed by atoms with van der Waals surface area (Å²) in [5.74, 6) is 1.80. The smallest absolute Gasteiger partial charge is 0.144 e. The number of imidazole rings is 1. The molecule has 0 aliphatic rings. The average Bonchev–Trinajstić information content (AvgIpc) is 2.69. The zero-order valence-corrected chi connectivity index (χ0v) is 11.8. The van der Waals surface area contributed by atoms with Crippen molar-refractivity contribution in [3.63, 3.8) is 0 Å². The van der Waals surface area contributed by atoms with E-state index in [-0.39, 0.29) is 0 Å². The summed E-state index contributed by atoms with van der Waals surface area (Å²) in [6.45, 7) is 6.73. The lowest BCUT2D eigenvalue weighted by molar-refractivity contribution is 0.416. The SMILES string of the molecule is COc1cc(C)ccc1N=CCn1cc(C)nc1C. The Morgan fingerprint density at radius 3 is 2.74 bits per heavy atom. The van der Waals surface area contributed by atoms with E-state index in [2.05, 4.69) is 14.5 Å². The molecule has 1 heterocycles. The fraction of sp³-hybridized carbons (Fsp3) is 0.333. The molecule has 1 aromatic carbocycles. The van der Waals surface area contributed by atoms with Gasteiger partial charge in [0.05, 0.1) is 19.3 Å². The second-order valence-corrected chi connectivity index (χ2v) is 4.57. The maximum Gasteiger partial charge on any atom is 0.144 e. The zero-order valence-electron chi connectivity index (χ0n) is 11.8. The predicted molar refractivity (Wildman–Crippen MR) is 77.6 cm³/mol. The van der Waals surface area contributed by atoms with Crippen LogP contribution in [0.25, 0.3) is 0 Å². The van der Waals surface area contributed by atoms with Crippen molar-refractivity contribution in [1.82, 2.24) is 9.55 Å². The number of hydrogen-bond acceptors (Lipinski definition) is 3. The lowest BCUT2D eigenvalue weighted by Gasteiger charge is -2.05. The van der Waals surface area contributed by atoms with Gasteiger partial charge in [0.1, 0.15) is 17.3 Å². The molecule has 0 saturated carbocycles. The number of benzene rings is 1. The molecule has 19 heavy (non-hydrogen) atoms. The summed E-state index contributed by atoms with van der Waals surface area (Å²) < 4.78 is 7.39. The first-order chi connectivity index (χ1) is 9.10. The minimum absolute atomic E-state index is 0.712. The van der Waals surface area contributed by atoms with Gasteiger partial charge in [-0.2, -0.15) is 0 Å². The fourth-order valence-corrected chi connectivity index (χ4v) is 1.97. The van der Waals surface area contributed by atoms with Gasteiger partial charge in [-0.25, -0.2) is 4.98 Å². The second-order valence-electron chi connectivity index (χ2n) is 4.57. The van der Waals surface area contributed by atoms with Crippen LogP contribution in [-0.2, 0) is 6.54 Å². The highest BCUT2D eigenvalue weighted by atomic mass is 16.5. The van der Waals surface area contributed by atoms with Crippen LogP contribution in [0.1, 0.15) is 17.1 Å². The zero-order chi connectivity index (χ0) is 13.8. The second kappa shape index (κ2) is 5.69. The van der Waals surface area contributed by atoms with Crippen LogP contribution < -0.4 is 4.74 Å². The summed E-state index contributed by atoms with van der Waals surface area (Å²) in [5.41, 5.74) is 3.04. The molecule has 0 spiro atoms. The van der Waals surface area contributed by atoms with Gasteiger partial charge in [0.15, 0.2) is 0 Å². The number of methoxy groups -OCH3 is 1. The molecule has 1 aromatic heterocycles. The standard InChI is InChI=1S/C15H19N3O/c1-11-5-6-14(15(9-11)19-4)16-7-8-18-10-12(2)17-13(18)3/h5-7,9-10H,8H2,1-4H3. The summed E-state index contributed by atoms with van der Waals surface area (Å²) in [5, 5.41) is 0. The van der Waals surface area contributed by atoms with E-state index in [0.29, 0.717) is 6.54 Å². The van der Waals surface area contributed by atoms with Crippen molar-refractivity contribution in [1.29, 1.82) is 0 Å². The van der Waals surface area contributed by atoms with E-state index >= 15 is 0 Å². The number of aromatic nitrogens is 2. The first-order valence-electron chi connectivity index (χ1n) is 6.27. The molecule has 2 rings (SSSR count). The average molecular weight is 257 g/mol. The van der Waals surface area contributed by atoms with E-state index in [1.165, 1.54) is 0 Å². The summed E-state index contributed by atoms with van der Waals surface area (Å²) >= 11 is 0. The summed E-state index contributed by atoms with van der Waals surface area (Å²) in [7, 11) is 1.66. The third kappa shape index (κ3) is 3.22. The molecule has 0 aliphatic heterocycles. The lowest BCUT2D eigenvalue weighted by atomic mass is 10.2. The first kappa shape index (κ1) is 13.3. The molecule has 0 radical (unpaired) electrons. The van der Waals surface area contributed by atoms with Crippen LogP contribution in [0.5, 0.6) is 5.75 Å². The maximum atomic E-state index is 5.32. The molecular weight excluding hydrogens is 238 g/mol. The van der Waals surface area contributed by atoms with Gasteiger partial charge in [-0.1, -0.05) is 6.07 Å². The van der Waals surface area contributed by atoms with Gasteiger partial charge in [-0.05, 0) is 38.5 Å². The van der Waals surface area contributed by atoms with Gasteiger partial charge in [0.2, 0.25) is 0 Å². The van der Waals surface area contributed by atoms with E-state index in [4.69, 9.17) is 4.74 Å². The van der Waals surface area contributed by atoms with Crippen molar-refractivity contribution in [2.75, 3.05) is 7.11 Å². The molecule has 0 fully saturated rings. The van der Waals surface area contributed by atoms with Gasteiger partial charge in [0.25, 0.3) is 0 Å². The summed E-state index contributed by atoms with van der Waals surface area (Å²) in [6, 6.07) is 5.98. The lowest BCUT2D eigenvalue weighted by Crippen LogP contribution is -1.99. The largest absolute Gasteiger partial charge is 0.494 e. The Morgan fingerprint density at radius 1 is 1.32 bits per heavy atom. The monoisotopic (exact) mass is 257 g/mol. The van der Waals surface area contributed by atoms with Crippen LogP contribution in [-0.4, -0.2) is 22.9 Å². The van der Waals surface area contributed by atoms with Crippen molar-refractivity contribution >= 4 is 11.9 Å². The molecule has 4 heteroatoms. The van der Waals surface area contributed by atoms with Crippen molar-refractivity contribution in [2.24, 2.45) is 4.99 Å². The molecule has 2 aromatic rings. The Hall–Kier alpha value is -2.10. The van der Waals surface area contributed by atoms with E-state index in [1.807, 2.05) is 51.4 Å². The van der Waals surface area contributed by atoms with Crippen LogP contribution in [0.3, 0.4) is 0 Å². The van der Waals surface area contributed by atoms with Crippen LogP contribution in [0.4, 0.5) is 5.69 Å². The van der Waals surface area contributed by atoms with Crippen molar-refractivity contribution in [3.05, 3.63) is 41.5 Å². The van der Waals surface area contributed by atoms with Crippen molar-refractivity contribution in [2.45, 2.75) is 27.3 Å². The molecule has 0 amide bonds. The minimum atomic E-state index is 0.712. The Labute approximate surface area is 113 Å².